The summed E-state index contributed by atoms with van der Waals surface area (Å²) in [6.07, 6.45) is 1.05. The summed E-state index contributed by atoms with van der Waals surface area (Å²) in [5, 5.41) is 9.24. The lowest BCUT2D eigenvalue weighted by atomic mass is 10.1. The van der Waals surface area contributed by atoms with Crippen molar-refractivity contribution in [3.8, 4) is 0 Å². The van der Waals surface area contributed by atoms with Gasteiger partial charge in [0.15, 0.2) is 9.84 Å². The third kappa shape index (κ3) is 2.49. The van der Waals surface area contributed by atoms with Crippen LogP contribution in [0.2, 0.25) is 0 Å². The van der Waals surface area contributed by atoms with Crippen molar-refractivity contribution in [3.63, 3.8) is 0 Å². The average Bonchev–Trinajstić information content (AvgIpc) is 2.47. The molecule has 118 valence electrons. The molecule has 0 spiro atoms. The second kappa shape index (κ2) is 4.92. The second-order valence-electron chi connectivity index (χ2n) is 5.34. The van der Waals surface area contributed by atoms with Crippen LogP contribution in [-0.4, -0.2) is 25.7 Å². The lowest BCUT2D eigenvalue weighted by molar-refractivity contribution is 0.0697. The van der Waals surface area contributed by atoms with Crippen molar-refractivity contribution in [1.82, 2.24) is 0 Å². The van der Waals surface area contributed by atoms with E-state index in [2.05, 4.69) is 0 Å². The molecule has 7 heteroatoms. The van der Waals surface area contributed by atoms with Crippen LogP contribution in [0.5, 0.6) is 0 Å². The van der Waals surface area contributed by atoms with Gasteiger partial charge in [-0.25, -0.2) is 13.2 Å². The molecular formula is C16H12O6S. The topological polar surface area (TPSA) is 102 Å². The molecule has 0 aliphatic carbocycles. The third-order valence-corrected chi connectivity index (χ3v) is 4.70. The first kappa shape index (κ1) is 15.2. The van der Waals surface area contributed by atoms with E-state index in [0.717, 1.165) is 6.26 Å². The fourth-order valence-corrected chi connectivity index (χ4v) is 3.17. The van der Waals surface area contributed by atoms with Crippen LogP contribution in [0, 0.1) is 6.92 Å². The quantitative estimate of drug-likeness (QED) is 0.723. The Morgan fingerprint density at radius 2 is 1.83 bits per heavy atom. The Morgan fingerprint density at radius 1 is 1.13 bits per heavy atom. The Kier molecular flexibility index (Phi) is 3.26. The van der Waals surface area contributed by atoms with E-state index in [1.165, 1.54) is 30.3 Å². The van der Waals surface area contributed by atoms with Crippen molar-refractivity contribution in [2.24, 2.45) is 0 Å². The number of rotatable bonds is 2. The molecule has 0 fully saturated rings. The van der Waals surface area contributed by atoms with E-state index in [-0.39, 0.29) is 32.4 Å². The average molecular weight is 332 g/mol. The Labute approximate surface area is 130 Å². The van der Waals surface area contributed by atoms with Crippen molar-refractivity contribution in [2.45, 2.75) is 11.8 Å². The molecule has 2 aromatic carbocycles. The molecular weight excluding hydrogens is 320 g/mol. The van der Waals surface area contributed by atoms with Gasteiger partial charge in [-0.15, -0.1) is 0 Å². The summed E-state index contributed by atoms with van der Waals surface area (Å²) >= 11 is 0. The molecule has 1 aromatic heterocycles. The molecule has 1 heterocycles. The van der Waals surface area contributed by atoms with Crippen molar-refractivity contribution in [1.29, 1.82) is 0 Å². The summed E-state index contributed by atoms with van der Waals surface area (Å²) in [6.45, 7) is 1.65. The molecule has 0 radical (unpaired) electrons. The van der Waals surface area contributed by atoms with Gasteiger partial charge < -0.3 is 9.52 Å². The predicted molar refractivity (Wildman–Crippen MR) is 84.8 cm³/mol. The smallest absolute Gasteiger partial charge is 0.335 e. The highest BCUT2D eigenvalue weighted by Crippen LogP contribution is 2.25. The highest BCUT2D eigenvalue weighted by atomic mass is 32.2. The summed E-state index contributed by atoms with van der Waals surface area (Å²) < 4.78 is 29.1. The van der Waals surface area contributed by atoms with Gasteiger partial charge in [0.05, 0.1) is 21.2 Å². The van der Waals surface area contributed by atoms with Gasteiger partial charge in [0, 0.05) is 6.26 Å². The van der Waals surface area contributed by atoms with Crippen molar-refractivity contribution in [2.75, 3.05) is 6.26 Å². The standard InChI is InChI=1S/C16H12O6S/c1-8-5-10(23(2,20)21)7-12-14(17)11-6-9(16(18)19)3-4-13(11)22-15(8)12/h3-7H,1-2H3,(H,18,19). The highest BCUT2D eigenvalue weighted by Gasteiger charge is 2.16. The monoisotopic (exact) mass is 332 g/mol. The summed E-state index contributed by atoms with van der Waals surface area (Å²) in [4.78, 5) is 23.7. The minimum absolute atomic E-state index is 0.0172. The first-order chi connectivity index (χ1) is 10.7. The van der Waals surface area contributed by atoms with Gasteiger partial charge in [0.2, 0.25) is 5.43 Å². The number of hydrogen-bond donors (Lipinski definition) is 1. The Hall–Kier alpha value is -2.67. The molecule has 0 bridgehead atoms. The van der Waals surface area contributed by atoms with Crippen LogP contribution in [0.25, 0.3) is 21.9 Å². The maximum atomic E-state index is 12.6. The van der Waals surface area contributed by atoms with E-state index in [0.29, 0.717) is 5.56 Å². The second-order valence-corrected chi connectivity index (χ2v) is 7.35. The minimum Gasteiger partial charge on any atom is -0.478 e. The summed E-state index contributed by atoms with van der Waals surface area (Å²) in [5.41, 5.74) is 0.558. The van der Waals surface area contributed by atoms with Gasteiger partial charge >= 0.3 is 5.97 Å². The number of sulfone groups is 1. The lowest BCUT2D eigenvalue weighted by Crippen LogP contribution is -2.07. The van der Waals surface area contributed by atoms with Crippen LogP contribution in [0.1, 0.15) is 15.9 Å². The largest absolute Gasteiger partial charge is 0.478 e. The number of carbonyl (C=O) groups is 1. The fourth-order valence-electron chi connectivity index (χ4n) is 2.44. The predicted octanol–water partition coefficient (Wildman–Crippen LogP) is 2.36. The maximum absolute atomic E-state index is 12.6. The van der Waals surface area contributed by atoms with Crippen LogP contribution in [-0.2, 0) is 9.84 Å². The van der Waals surface area contributed by atoms with Gasteiger partial charge in [-0.1, -0.05) is 0 Å². The SMILES string of the molecule is Cc1cc(S(C)(=O)=O)cc2c(=O)c3cc(C(=O)O)ccc3oc12. The first-order valence-electron chi connectivity index (χ1n) is 6.63. The summed E-state index contributed by atoms with van der Waals surface area (Å²) in [7, 11) is -3.48. The molecule has 0 unspecified atom stereocenters. The van der Waals surface area contributed by atoms with Crippen LogP contribution in [0.15, 0.2) is 44.4 Å². The van der Waals surface area contributed by atoms with E-state index in [4.69, 9.17) is 9.52 Å². The zero-order valence-corrected chi connectivity index (χ0v) is 13.1. The van der Waals surface area contributed by atoms with Crippen molar-refractivity contribution >= 4 is 37.7 Å². The van der Waals surface area contributed by atoms with Gasteiger partial charge in [-0.2, -0.15) is 0 Å². The number of fused-ring (bicyclic) bond motifs is 2. The number of carboxylic acids is 1. The molecule has 3 aromatic rings. The lowest BCUT2D eigenvalue weighted by Gasteiger charge is -2.07. The fraction of sp³-hybridized carbons (Fsp3) is 0.125. The Morgan fingerprint density at radius 3 is 2.43 bits per heavy atom. The molecule has 0 aliphatic heterocycles. The molecule has 6 nitrogen and oxygen atoms in total. The molecule has 23 heavy (non-hydrogen) atoms. The molecule has 1 N–H and O–H groups in total. The van der Waals surface area contributed by atoms with Crippen LogP contribution in [0.4, 0.5) is 0 Å². The zero-order chi connectivity index (χ0) is 16.9. The normalized spacial score (nSPS) is 11.9. The molecule has 3 rings (SSSR count). The molecule has 0 aliphatic rings. The zero-order valence-electron chi connectivity index (χ0n) is 12.3. The molecule has 0 saturated heterocycles. The Balaban J connectivity index is 2.50. The van der Waals surface area contributed by atoms with Gasteiger partial charge in [0.25, 0.3) is 0 Å². The van der Waals surface area contributed by atoms with Crippen molar-refractivity contribution < 1.29 is 22.7 Å². The third-order valence-electron chi connectivity index (χ3n) is 3.60. The van der Waals surface area contributed by atoms with Gasteiger partial charge in [-0.05, 0) is 42.8 Å². The maximum Gasteiger partial charge on any atom is 0.335 e. The number of benzene rings is 2. The number of hydrogen-bond acceptors (Lipinski definition) is 5. The van der Waals surface area contributed by atoms with Crippen LogP contribution in [0.3, 0.4) is 0 Å². The summed E-state index contributed by atoms with van der Waals surface area (Å²) in [6, 6.07) is 6.70. The van der Waals surface area contributed by atoms with Gasteiger partial charge in [0.1, 0.15) is 11.2 Å². The summed E-state index contributed by atoms with van der Waals surface area (Å²) in [5.74, 6) is -1.16. The highest BCUT2D eigenvalue weighted by molar-refractivity contribution is 7.90. The number of aryl methyl sites for hydroxylation is 1. The van der Waals surface area contributed by atoms with E-state index >= 15 is 0 Å². The molecule has 0 amide bonds. The van der Waals surface area contributed by atoms with E-state index in [9.17, 15) is 18.0 Å². The Bertz CT molecular complexity index is 1140. The minimum atomic E-state index is -3.48. The first-order valence-corrected chi connectivity index (χ1v) is 8.52. The van der Waals surface area contributed by atoms with Crippen LogP contribution < -0.4 is 5.43 Å². The van der Waals surface area contributed by atoms with E-state index in [1.54, 1.807) is 6.92 Å². The van der Waals surface area contributed by atoms with E-state index in [1.807, 2.05) is 0 Å². The number of carboxylic acid groups (broad SMARTS) is 1. The molecule has 0 saturated carbocycles. The number of aromatic carboxylic acids is 1. The van der Waals surface area contributed by atoms with Crippen LogP contribution >= 0.6 is 0 Å². The van der Waals surface area contributed by atoms with E-state index < -0.39 is 21.2 Å². The molecule has 0 atom stereocenters. The van der Waals surface area contributed by atoms with Crippen molar-refractivity contribution in [3.05, 3.63) is 51.7 Å². The van der Waals surface area contributed by atoms with Gasteiger partial charge in [-0.3, -0.25) is 4.79 Å².